The summed E-state index contributed by atoms with van der Waals surface area (Å²) in [4.78, 5) is 16.9. The molecule has 2 saturated heterocycles. The molecule has 4 nitrogen and oxygen atoms in total. The molecule has 0 bridgehead atoms. The van der Waals surface area contributed by atoms with Crippen molar-refractivity contribution in [3.05, 3.63) is 0 Å². The number of nitrogens with one attached hydrogen (secondary N) is 1. The van der Waals surface area contributed by atoms with Crippen molar-refractivity contribution in [1.82, 2.24) is 15.1 Å². The lowest BCUT2D eigenvalue weighted by atomic mass is 9.92. The molecule has 2 heterocycles. The van der Waals surface area contributed by atoms with Crippen LogP contribution in [0.25, 0.3) is 0 Å². The van der Waals surface area contributed by atoms with Gasteiger partial charge in [0.2, 0.25) is 5.91 Å². The Labute approximate surface area is 111 Å². The van der Waals surface area contributed by atoms with Gasteiger partial charge >= 0.3 is 0 Å². The number of rotatable bonds is 3. The van der Waals surface area contributed by atoms with Crippen LogP contribution in [0.15, 0.2) is 0 Å². The monoisotopic (exact) mass is 253 g/mol. The van der Waals surface area contributed by atoms with Crippen molar-refractivity contribution in [3.63, 3.8) is 0 Å². The lowest BCUT2D eigenvalue weighted by Crippen LogP contribution is -2.50. The molecule has 1 amide bonds. The maximum atomic E-state index is 12.4. The zero-order valence-electron chi connectivity index (χ0n) is 12.1. The lowest BCUT2D eigenvalue weighted by molar-refractivity contribution is -0.133. The van der Waals surface area contributed by atoms with Gasteiger partial charge in [-0.3, -0.25) is 10.1 Å². The Morgan fingerprint density at radius 3 is 2.78 bits per heavy atom. The Bertz CT molecular complexity index is 305. The van der Waals surface area contributed by atoms with Gasteiger partial charge in [-0.15, -0.1) is 0 Å². The Morgan fingerprint density at radius 2 is 2.17 bits per heavy atom. The third-order valence-corrected chi connectivity index (χ3v) is 4.26. The maximum Gasteiger partial charge on any atom is 0.241 e. The average Bonchev–Trinajstić information content (AvgIpc) is 2.60. The van der Waals surface area contributed by atoms with Crippen molar-refractivity contribution in [3.8, 4) is 0 Å². The van der Waals surface area contributed by atoms with E-state index < -0.39 is 0 Å². The molecule has 2 aliphatic heterocycles. The van der Waals surface area contributed by atoms with E-state index in [0.29, 0.717) is 23.8 Å². The Kier molecular flexibility index (Phi) is 4.28. The first kappa shape index (κ1) is 13.8. The summed E-state index contributed by atoms with van der Waals surface area (Å²) in [6.45, 7) is 9.57. The minimum atomic E-state index is 0.0526. The van der Waals surface area contributed by atoms with Crippen LogP contribution < -0.4 is 5.32 Å². The van der Waals surface area contributed by atoms with E-state index in [4.69, 9.17) is 0 Å². The molecular weight excluding hydrogens is 226 g/mol. The molecule has 1 N–H and O–H groups in total. The Morgan fingerprint density at radius 1 is 1.44 bits per heavy atom. The van der Waals surface area contributed by atoms with Crippen molar-refractivity contribution in [2.45, 2.75) is 45.7 Å². The van der Waals surface area contributed by atoms with Gasteiger partial charge in [-0.25, -0.2) is 0 Å². The highest BCUT2D eigenvalue weighted by Crippen LogP contribution is 2.24. The van der Waals surface area contributed by atoms with Gasteiger partial charge in [-0.1, -0.05) is 20.8 Å². The van der Waals surface area contributed by atoms with Gasteiger partial charge in [0.15, 0.2) is 0 Å². The third kappa shape index (κ3) is 2.86. The van der Waals surface area contributed by atoms with E-state index in [9.17, 15) is 4.79 Å². The van der Waals surface area contributed by atoms with Crippen LogP contribution in [0.1, 0.15) is 33.6 Å². The van der Waals surface area contributed by atoms with E-state index in [1.165, 1.54) is 0 Å². The molecule has 2 rings (SSSR count). The summed E-state index contributed by atoms with van der Waals surface area (Å²) in [5.41, 5.74) is 0. The van der Waals surface area contributed by atoms with Crippen LogP contribution in [0.2, 0.25) is 0 Å². The minimum absolute atomic E-state index is 0.0526. The zero-order chi connectivity index (χ0) is 13.3. The van der Waals surface area contributed by atoms with Crippen LogP contribution >= 0.6 is 0 Å². The number of carbonyl (C=O) groups is 1. The Hall–Kier alpha value is -0.610. The summed E-state index contributed by atoms with van der Waals surface area (Å²) in [5.74, 6) is 1.47. The number of piperidine rings is 1. The number of amides is 1. The summed E-state index contributed by atoms with van der Waals surface area (Å²) in [6.07, 6.45) is 2.07. The van der Waals surface area contributed by atoms with Crippen LogP contribution in [0.5, 0.6) is 0 Å². The van der Waals surface area contributed by atoms with Crippen LogP contribution in [0.3, 0.4) is 0 Å². The molecule has 0 saturated carbocycles. The fourth-order valence-corrected chi connectivity index (χ4v) is 3.31. The van der Waals surface area contributed by atoms with Crippen molar-refractivity contribution in [2.24, 2.45) is 11.8 Å². The fourth-order valence-electron chi connectivity index (χ4n) is 3.31. The molecule has 18 heavy (non-hydrogen) atoms. The van der Waals surface area contributed by atoms with E-state index >= 15 is 0 Å². The molecule has 2 aliphatic rings. The van der Waals surface area contributed by atoms with Gasteiger partial charge in [0.1, 0.15) is 0 Å². The summed E-state index contributed by atoms with van der Waals surface area (Å²) in [7, 11) is 2.17. The first-order chi connectivity index (χ1) is 8.49. The Balaban J connectivity index is 1.96. The summed E-state index contributed by atoms with van der Waals surface area (Å²) in [5, 5.41) is 3.38. The molecule has 0 aromatic rings. The smallest absolute Gasteiger partial charge is 0.241 e. The van der Waals surface area contributed by atoms with Gasteiger partial charge in [0.05, 0.1) is 12.7 Å². The number of nitrogens with zero attached hydrogens (tertiary/aromatic N) is 2. The molecule has 0 aromatic heterocycles. The maximum absolute atomic E-state index is 12.4. The first-order valence-corrected chi connectivity index (χ1v) is 7.21. The zero-order valence-corrected chi connectivity index (χ0v) is 12.1. The van der Waals surface area contributed by atoms with Crippen LogP contribution in [-0.2, 0) is 4.79 Å². The molecule has 0 radical (unpaired) electrons. The van der Waals surface area contributed by atoms with E-state index in [-0.39, 0.29) is 6.04 Å². The molecule has 104 valence electrons. The minimum Gasteiger partial charge on any atom is -0.325 e. The van der Waals surface area contributed by atoms with Gasteiger partial charge in [0, 0.05) is 12.6 Å². The number of hydrogen-bond acceptors (Lipinski definition) is 3. The molecule has 4 heteroatoms. The van der Waals surface area contributed by atoms with Gasteiger partial charge in [-0.05, 0) is 38.3 Å². The fraction of sp³-hybridized carbons (Fsp3) is 0.929. The van der Waals surface area contributed by atoms with E-state index in [2.05, 4.69) is 42.9 Å². The highest BCUT2D eigenvalue weighted by atomic mass is 16.2. The van der Waals surface area contributed by atoms with E-state index in [0.717, 1.165) is 32.6 Å². The van der Waals surface area contributed by atoms with Crippen molar-refractivity contribution >= 4 is 5.91 Å². The SMILES string of the molecule is CC(C)CC1NCN(C2CCN(C)CC2C)C1=O. The standard InChI is InChI=1S/C14H27N3O/c1-10(2)7-12-14(18)17(9-15-12)13-5-6-16(4)8-11(13)3/h10-13,15H,5-9H2,1-4H3. The molecule has 0 aliphatic carbocycles. The van der Waals surface area contributed by atoms with Crippen LogP contribution in [0, 0.1) is 11.8 Å². The molecule has 0 aromatic carbocycles. The summed E-state index contributed by atoms with van der Waals surface area (Å²) in [6, 6.07) is 0.482. The first-order valence-electron chi connectivity index (χ1n) is 7.21. The largest absolute Gasteiger partial charge is 0.325 e. The summed E-state index contributed by atoms with van der Waals surface area (Å²) >= 11 is 0. The van der Waals surface area contributed by atoms with Crippen molar-refractivity contribution in [2.75, 3.05) is 26.8 Å². The average molecular weight is 253 g/mol. The molecule has 3 unspecified atom stereocenters. The predicted molar refractivity (Wildman–Crippen MR) is 73.2 cm³/mol. The molecular formula is C14H27N3O. The number of carbonyl (C=O) groups excluding carboxylic acids is 1. The molecule has 2 fully saturated rings. The van der Waals surface area contributed by atoms with Gasteiger partial charge in [0.25, 0.3) is 0 Å². The van der Waals surface area contributed by atoms with Gasteiger partial charge < -0.3 is 9.80 Å². The highest BCUT2D eigenvalue weighted by molar-refractivity contribution is 5.84. The van der Waals surface area contributed by atoms with Gasteiger partial charge in [-0.2, -0.15) is 0 Å². The lowest BCUT2D eigenvalue weighted by Gasteiger charge is -2.39. The van der Waals surface area contributed by atoms with E-state index in [1.54, 1.807) is 0 Å². The molecule has 0 spiro atoms. The van der Waals surface area contributed by atoms with E-state index in [1.807, 2.05) is 0 Å². The quantitative estimate of drug-likeness (QED) is 0.819. The second-order valence-electron chi connectivity index (χ2n) is 6.45. The predicted octanol–water partition coefficient (Wildman–Crippen LogP) is 1.13. The second kappa shape index (κ2) is 5.57. The van der Waals surface area contributed by atoms with Crippen molar-refractivity contribution in [1.29, 1.82) is 0 Å². The normalized spacial score (nSPS) is 34.6. The second-order valence-corrected chi connectivity index (χ2v) is 6.45. The third-order valence-electron chi connectivity index (χ3n) is 4.26. The molecule has 3 atom stereocenters. The van der Waals surface area contributed by atoms with Crippen LogP contribution in [-0.4, -0.2) is 54.6 Å². The highest BCUT2D eigenvalue weighted by Gasteiger charge is 2.39. The van der Waals surface area contributed by atoms with Crippen molar-refractivity contribution < 1.29 is 4.79 Å². The number of likely N-dealkylation sites (tertiary alicyclic amines) is 1. The number of hydrogen-bond donors (Lipinski definition) is 1. The van der Waals surface area contributed by atoms with Crippen LogP contribution in [0.4, 0.5) is 0 Å². The topological polar surface area (TPSA) is 35.6 Å². The summed E-state index contributed by atoms with van der Waals surface area (Å²) < 4.78 is 0.